The van der Waals surface area contributed by atoms with Gasteiger partial charge in [0.05, 0.1) is 25.1 Å². The molecule has 0 heterocycles. The number of aromatic hydroxyl groups is 1. The molecule has 8 nitrogen and oxygen atoms in total. The van der Waals surface area contributed by atoms with Crippen molar-refractivity contribution in [3.05, 3.63) is 59.2 Å². The molecule has 0 aromatic heterocycles. The van der Waals surface area contributed by atoms with Crippen molar-refractivity contribution in [3.63, 3.8) is 0 Å². The van der Waals surface area contributed by atoms with E-state index in [9.17, 15) is 23.7 Å². The molecular weight excluding hydrogens is 480 g/mol. The molecule has 0 spiro atoms. The van der Waals surface area contributed by atoms with Crippen LogP contribution in [0.25, 0.3) is 0 Å². The number of anilines is 1. The van der Waals surface area contributed by atoms with E-state index in [1.807, 2.05) is 19.1 Å². The summed E-state index contributed by atoms with van der Waals surface area (Å²) in [6, 6.07) is 12.2. The van der Waals surface area contributed by atoms with Crippen molar-refractivity contribution in [3.8, 4) is 5.75 Å². The van der Waals surface area contributed by atoms with Crippen LogP contribution >= 0.6 is 0 Å². The van der Waals surface area contributed by atoms with Gasteiger partial charge in [-0.2, -0.15) is 0 Å². The first-order valence-corrected chi connectivity index (χ1v) is 14.5. The number of rotatable bonds is 19. The zero-order valence-corrected chi connectivity index (χ0v) is 22.1. The Morgan fingerprint density at radius 2 is 1.72 bits per heavy atom. The smallest absolute Gasteiger partial charge is 0.232 e. The van der Waals surface area contributed by atoms with Crippen molar-refractivity contribution >= 4 is 15.7 Å². The molecule has 0 fully saturated rings. The van der Waals surface area contributed by atoms with Gasteiger partial charge in [-0.05, 0) is 67.6 Å². The molecule has 0 aliphatic rings. The van der Waals surface area contributed by atoms with Gasteiger partial charge in [-0.1, -0.05) is 44.4 Å². The van der Waals surface area contributed by atoms with E-state index in [0.29, 0.717) is 36.4 Å². The lowest BCUT2D eigenvalue weighted by molar-refractivity contribution is 0.133. The monoisotopic (exact) mass is 522 g/mol. The van der Waals surface area contributed by atoms with Crippen LogP contribution in [0.1, 0.15) is 68.2 Å². The maximum Gasteiger partial charge on any atom is 0.232 e. The number of ether oxygens (including phenoxy) is 1. The fourth-order valence-electron chi connectivity index (χ4n) is 3.70. The summed E-state index contributed by atoms with van der Waals surface area (Å²) in [6.45, 7) is 4.29. The number of sulfonamides is 1. The molecule has 2 rings (SSSR count). The van der Waals surface area contributed by atoms with Crippen LogP contribution in [-0.2, 0) is 27.8 Å². The Balaban J connectivity index is 1.48. The predicted molar refractivity (Wildman–Crippen MR) is 144 cm³/mol. The second-order valence-electron chi connectivity index (χ2n) is 9.01. The first kappa shape index (κ1) is 30.1. The normalized spacial score (nSPS) is 12.5. The van der Waals surface area contributed by atoms with E-state index in [-0.39, 0.29) is 18.1 Å². The minimum atomic E-state index is -3.27. The number of benzene rings is 2. The standard InChI is InChI=1S/C27H42N2O6S/c1-2-3-18-36(33,34)29-25-11-8-22(9-12-25)14-17-35-16-7-5-4-6-15-28-20-27(32)23-10-13-26(31)24(19-23)21-30/h8-13,19,27-32H,2-7,14-18,20-21H2,1H3. The lowest BCUT2D eigenvalue weighted by Gasteiger charge is -2.14. The highest BCUT2D eigenvalue weighted by Gasteiger charge is 2.10. The summed E-state index contributed by atoms with van der Waals surface area (Å²) in [6.07, 6.45) is 5.77. The number of hydrogen-bond donors (Lipinski definition) is 5. The van der Waals surface area contributed by atoms with Gasteiger partial charge in [0.1, 0.15) is 5.75 Å². The van der Waals surface area contributed by atoms with Gasteiger partial charge >= 0.3 is 0 Å². The Kier molecular flexibility index (Phi) is 13.8. The van der Waals surface area contributed by atoms with Crippen molar-refractivity contribution in [2.24, 2.45) is 0 Å². The first-order chi connectivity index (χ1) is 17.3. The molecule has 202 valence electrons. The zero-order chi connectivity index (χ0) is 26.2. The zero-order valence-electron chi connectivity index (χ0n) is 21.3. The molecule has 2 aromatic carbocycles. The van der Waals surface area contributed by atoms with Crippen LogP contribution in [0.4, 0.5) is 5.69 Å². The number of phenols is 1. The third kappa shape index (κ3) is 11.7. The van der Waals surface area contributed by atoms with E-state index in [1.54, 1.807) is 24.3 Å². The summed E-state index contributed by atoms with van der Waals surface area (Å²) in [5.74, 6) is 0.177. The Morgan fingerprint density at radius 1 is 0.972 bits per heavy atom. The number of aliphatic hydroxyl groups is 2. The van der Waals surface area contributed by atoms with Crippen molar-refractivity contribution in [2.45, 2.75) is 64.6 Å². The van der Waals surface area contributed by atoms with Crippen LogP contribution in [0.15, 0.2) is 42.5 Å². The Labute approximate surface area is 215 Å². The highest BCUT2D eigenvalue weighted by molar-refractivity contribution is 7.92. The number of nitrogens with one attached hydrogen (secondary N) is 2. The van der Waals surface area contributed by atoms with Crippen LogP contribution in [0, 0.1) is 0 Å². The van der Waals surface area contributed by atoms with E-state index in [4.69, 9.17) is 4.74 Å². The van der Waals surface area contributed by atoms with Gasteiger partial charge in [0, 0.05) is 24.4 Å². The Morgan fingerprint density at radius 3 is 2.44 bits per heavy atom. The van der Waals surface area contributed by atoms with Gasteiger partial charge in [-0.3, -0.25) is 4.72 Å². The summed E-state index contributed by atoms with van der Waals surface area (Å²) in [5.41, 5.74) is 2.79. The maximum atomic E-state index is 12.0. The van der Waals surface area contributed by atoms with Gasteiger partial charge < -0.3 is 25.4 Å². The van der Waals surface area contributed by atoms with Gasteiger partial charge in [-0.25, -0.2) is 8.42 Å². The van der Waals surface area contributed by atoms with Crippen molar-refractivity contribution in [2.75, 3.05) is 36.8 Å². The average Bonchev–Trinajstić information content (AvgIpc) is 2.87. The molecule has 0 saturated heterocycles. The SMILES string of the molecule is CCCCS(=O)(=O)Nc1ccc(CCOCCCCCCNCC(O)c2ccc(O)c(CO)c2)cc1. The van der Waals surface area contributed by atoms with Crippen LogP contribution in [0.5, 0.6) is 5.75 Å². The highest BCUT2D eigenvalue weighted by Crippen LogP contribution is 2.22. The molecular formula is C27H42N2O6S. The minimum Gasteiger partial charge on any atom is -0.508 e. The maximum absolute atomic E-state index is 12.0. The lowest BCUT2D eigenvalue weighted by Crippen LogP contribution is -2.22. The van der Waals surface area contributed by atoms with Crippen LogP contribution in [0.3, 0.4) is 0 Å². The predicted octanol–water partition coefficient (Wildman–Crippen LogP) is 3.87. The second kappa shape index (κ2) is 16.6. The molecule has 1 unspecified atom stereocenters. The molecule has 5 N–H and O–H groups in total. The molecule has 9 heteroatoms. The molecule has 1 atom stereocenters. The average molecular weight is 523 g/mol. The first-order valence-electron chi connectivity index (χ1n) is 12.8. The van der Waals surface area contributed by atoms with E-state index < -0.39 is 16.1 Å². The van der Waals surface area contributed by atoms with E-state index in [0.717, 1.165) is 57.2 Å². The molecule has 0 saturated carbocycles. The minimum absolute atomic E-state index is 0.0321. The van der Waals surface area contributed by atoms with E-state index in [1.165, 1.54) is 6.07 Å². The summed E-state index contributed by atoms with van der Waals surface area (Å²) in [4.78, 5) is 0. The third-order valence-corrected chi connectivity index (χ3v) is 7.29. The second-order valence-corrected chi connectivity index (χ2v) is 10.9. The van der Waals surface area contributed by atoms with Crippen LogP contribution in [0.2, 0.25) is 0 Å². The quantitative estimate of drug-likeness (QED) is 0.177. The summed E-state index contributed by atoms with van der Waals surface area (Å²) in [7, 11) is -3.27. The highest BCUT2D eigenvalue weighted by atomic mass is 32.2. The van der Waals surface area contributed by atoms with Gasteiger partial charge in [0.15, 0.2) is 0 Å². The fourth-order valence-corrected chi connectivity index (χ4v) is 4.97. The van der Waals surface area contributed by atoms with Gasteiger partial charge in [-0.15, -0.1) is 0 Å². The van der Waals surface area contributed by atoms with E-state index >= 15 is 0 Å². The van der Waals surface area contributed by atoms with Crippen molar-refractivity contribution < 1.29 is 28.5 Å². The third-order valence-electron chi connectivity index (χ3n) is 5.92. The Bertz CT molecular complexity index is 982. The van der Waals surface area contributed by atoms with Crippen molar-refractivity contribution in [1.82, 2.24) is 5.32 Å². The van der Waals surface area contributed by atoms with Gasteiger partial charge in [0.25, 0.3) is 0 Å². The van der Waals surface area contributed by atoms with Gasteiger partial charge in [0.2, 0.25) is 10.0 Å². The van der Waals surface area contributed by atoms with Crippen LogP contribution in [-0.4, -0.2) is 55.8 Å². The Hall–Kier alpha value is -2.17. The molecule has 2 aromatic rings. The number of unbranched alkanes of at least 4 members (excludes halogenated alkanes) is 4. The molecule has 0 aliphatic heterocycles. The summed E-state index contributed by atoms with van der Waals surface area (Å²) >= 11 is 0. The fraction of sp³-hybridized carbons (Fsp3) is 0.556. The molecule has 0 radical (unpaired) electrons. The lowest BCUT2D eigenvalue weighted by atomic mass is 10.1. The molecule has 0 aliphatic carbocycles. The number of hydrogen-bond acceptors (Lipinski definition) is 7. The van der Waals surface area contributed by atoms with Crippen molar-refractivity contribution in [1.29, 1.82) is 0 Å². The summed E-state index contributed by atoms with van der Waals surface area (Å²) in [5, 5.41) is 32.3. The largest absolute Gasteiger partial charge is 0.508 e. The molecule has 0 bridgehead atoms. The molecule has 36 heavy (non-hydrogen) atoms. The summed E-state index contributed by atoms with van der Waals surface area (Å²) < 4.78 is 32.3. The molecule has 0 amide bonds. The van der Waals surface area contributed by atoms with E-state index in [2.05, 4.69) is 10.0 Å². The number of aliphatic hydroxyl groups excluding tert-OH is 2. The van der Waals surface area contributed by atoms with Crippen LogP contribution < -0.4 is 10.0 Å². The topological polar surface area (TPSA) is 128 Å².